The molecule has 3 heterocycles. The molecule has 0 bridgehead atoms. The van der Waals surface area contributed by atoms with Crippen LogP contribution in [0.1, 0.15) is 49.8 Å². The summed E-state index contributed by atoms with van der Waals surface area (Å²) < 4.78 is 26.7. The summed E-state index contributed by atoms with van der Waals surface area (Å²) in [5, 5.41) is 2.82. The molecule has 1 unspecified atom stereocenters. The number of pyridine rings is 1. The summed E-state index contributed by atoms with van der Waals surface area (Å²) >= 11 is 0. The molecule has 1 aliphatic rings. The number of nitrogens with one attached hydrogen (secondary N) is 1. The van der Waals surface area contributed by atoms with Crippen molar-refractivity contribution >= 4 is 21.7 Å². The molecule has 1 N–H and O–H groups in total. The van der Waals surface area contributed by atoms with E-state index in [4.69, 9.17) is 0 Å². The first-order valence-corrected chi connectivity index (χ1v) is 10.8. The number of rotatable bonds is 5. The Labute approximate surface area is 161 Å². The van der Waals surface area contributed by atoms with Crippen molar-refractivity contribution in [1.29, 1.82) is 0 Å². The topological polar surface area (TPSA) is 88.1 Å². The quantitative estimate of drug-likeness (QED) is 0.845. The van der Waals surface area contributed by atoms with Gasteiger partial charge in [0.05, 0.1) is 10.9 Å². The van der Waals surface area contributed by atoms with Crippen molar-refractivity contribution < 1.29 is 8.42 Å². The van der Waals surface area contributed by atoms with E-state index in [-0.39, 0.29) is 5.92 Å². The van der Waals surface area contributed by atoms with Crippen LogP contribution in [-0.2, 0) is 10.0 Å². The Hall–Kier alpha value is -2.06. The molecule has 1 fully saturated rings. The van der Waals surface area contributed by atoms with E-state index in [0.29, 0.717) is 24.7 Å². The number of hydrogen-bond donors (Lipinski definition) is 1. The maximum Gasteiger partial charge on any atom is 0.216 e. The summed E-state index contributed by atoms with van der Waals surface area (Å²) in [4.78, 5) is 13.5. The Bertz CT molecular complexity index is 914. The first-order chi connectivity index (χ1) is 12.8. The van der Waals surface area contributed by atoms with E-state index in [0.717, 1.165) is 30.0 Å². The summed E-state index contributed by atoms with van der Waals surface area (Å²) in [6, 6.07) is 7.68. The highest BCUT2D eigenvalue weighted by Gasteiger charge is 2.32. The molecule has 2 aromatic heterocycles. The number of aryl methyl sites for hydroxylation is 2. The second kappa shape index (κ2) is 7.90. The molecule has 0 radical (unpaired) electrons. The number of sulfonamides is 1. The van der Waals surface area contributed by atoms with E-state index < -0.39 is 15.3 Å². The fourth-order valence-electron chi connectivity index (χ4n) is 3.32. The lowest BCUT2D eigenvalue weighted by Gasteiger charge is -2.33. The molecule has 146 valence electrons. The van der Waals surface area contributed by atoms with Crippen LogP contribution in [0, 0.1) is 13.8 Å². The molecular weight excluding hydrogens is 362 g/mol. The van der Waals surface area contributed by atoms with Gasteiger partial charge in [-0.3, -0.25) is 0 Å². The van der Waals surface area contributed by atoms with Crippen molar-refractivity contribution in [2.45, 2.75) is 51.7 Å². The zero-order chi connectivity index (χ0) is 19.6. The van der Waals surface area contributed by atoms with Crippen molar-refractivity contribution in [3.05, 3.63) is 41.5 Å². The molecule has 0 aromatic carbocycles. The minimum atomic E-state index is -3.25. The van der Waals surface area contributed by atoms with Crippen LogP contribution in [0.25, 0.3) is 0 Å². The standard InChI is InChI=1S/C19H27N5O2S/c1-13(2)27(25,26)24-10-6-8-16(12-24)17-11-19(22-15(4)21-17)23-18-9-5-7-14(3)20-18/h5,7,9,11,13,16H,6,8,10,12H2,1-4H3,(H,20,21,22,23). The maximum absolute atomic E-state index is 12.5. The summed E-state index contributed by atoms with van der Waals surface area (Å²) in [5.41, 5.74) is 1.80. The maximum atomic E-state index is 12.5. The Morgan fingerprint density at radius 3 is 2.63 bits per heavy atom. The first-order valence-electron chi connectivity index (χ1n) is 9.31. The zero-order valence-corrected chi connectivity index (χ0v) is 17.1. The highest BCUT2D eigenvalue weighted by atomic mass is 32.2. The van der Waals surface area contributed by atoms with Crippen LogP contribution < -0.4 is 5.32 Å². The van der Waals surface area contributed by atoms with Gasteiger partial charge in [-0.2, -0.15) is 0 Å². The van der Waals surface area contributed by atoms with E-state index in [1.54, 1.807) is 18.2 Å². The van der Waals surface area contributed by atoms with Crippen LogP contribution in [0.2, 0.25) is 0 Å². The molecule has 1 saturated heterocycles. The van der Waals surface area contributed by atoms with Gasteiger partial charge in [0.25, 0.3) is 0 Å². The molecule has 1 aliphatic heterocycles. The Balaban J connectivity index is 1.83. The number of aromatic nitrogens is 3. The van der Waals surface area contributed by atoms with Gasteiger partial charge in [0.1, 0.15) is 17.5 Å². The van der Waals surface area contributed by atoms with Gasteiger partial charge in [-0.15, -0.1) is 0 Å². The SMILES string of the molecule is Cc1cccc(Nc2cc(C3CCCN(S(=O)(=O)C(C)C)C3)nc(C)n2)n1. The van der Waals surface area contributed by atoms with Gasteiger partial charge in [0, 0.05) is 30.8 Å². The lowest BCUT2D eigenvalue weighted by molar-refractivity contribution is 0.310. The molecule has 1 atom stereocenters. The number of piperidine rings is 1. The van der Waals surface area contributed by atoms with E-state index in [1.807, 2.05) is 38.1 Å². The van der Waals surface area contributed by atoms with Gasteiger partial charge in [-0.05, 0) is 52.7 Å². The molecular formula is C19H27N5O2S. The number of anilines is 2. The highest BCUT2D eigenvalue weighted by Crippen LogP contribution is 2.29. The Morgan fingerprint density at radius 2 is 1.93 bits per heavy atom. The minimum Gasteiger partial charge on any atom is -0.325 e. The van der Waals surface area contributed by atoms with Gasteiger partial charge in [-0.25, -0.2) is 27.7 Å². The third-order valence-electron chi connectivity index (χ3n) is 4.76. The molecule has 0 amide bonds. The van der Waals surface area contributed by atoms with Crippen LogP contribution >= 0.6 is 0 Å². The average molecular weight is 390 g/mol. The van der Waals surface area contributed by atoms with Gasteiger partial charge >= 0.3 is 0 Å². The summed E-state index contributed by atoms with van der Waals surface area (Å²) in [6.07, 6.45) is 1.75. The molecule has 7 nitrogen and oxygen atoms in total. The molecule has 3 rings (SSSR count). The molecule has 2 aromatic rings. The fourth-order valence-corrected chi connectivity index (χ4v) is 4.69. The van der Waals surface area contributed by atoms with Gasteiger partial charge in [-0.1, -0.05) is 6.07 Å². The lowest BCUT2D eigenvalue weighted by atomic mass is 9.96. The molecule has 27 heavy (non-hydrogen) atoms. The summed E-state index contributed by atoms with van der Waals surface area (Å²) in [5.74, 6) is 2.14. The van der Waals surface area contributed by atoms with Crippen LogP contribution in [0.15, 0.2) is 24.3 Å². The average Bonchev–Trinajstić information content (AvgIpc) is 2.61. The van der Waals surface area contributed by atoms with Gasteiger partial charge in [0.2, 0.25) is 10.0 Å². The Morgan fingerprint density at radius 1 is 1.15 bits per heavy atom. The second-order valence-electron chi connectivity index (χ2n) is 7.31. The van der Waals surface area contributed by atoms with Crippen LogP contribution in [0.3, 0.4) is 0 Å². The third kappa shape index (κ3) is 4.62. The van der Waals surface area contributed by atoms with Gasteiger partial charge < -0.3 is 5.32 Å². The Kier molecular flexibility index (Phi) is 5.76. The van der Waals surface area contributed by atoms with Crippen molar-refractivity contribution in [2.24, 2.45) is 0 Å². The zero-order valence-electron chi connectivity index (χ0n) is 16.3. The van der Waals surface area contributed by atoms with E-state index in [1.165, 1.54) is 0 Å². The first kappa shape index (κ1) is 19.7. The lowest BCUT2D eigenvalue weighted by Crippen LogP contribution is -2.42. The number of hydrogen-bond acceptors (Lipinski definition) is 6. The van der Waals surface area contributed by atoms with Crippen LogP contribution in [0.4, 0.5) is 11.6 Å². The smallest absolute Gasteiger partial charge is 0.216 e. The minimum absolute atomic E-state index is 0.0694. The predicted molar refractivity (Wildman–Crippen MR) is 107 cm³/mol. The molecule has 0 spiro atoms. The monoisotopic (exact) mass is 389 g/mol. The van der Waals surface area contributed by atoms with Crippen LogP contribution in [0.5, 0.6) is 0 Å². The summed E-state index contributed by atoms with van der Waals surface area (Å²) in [7, 11) is -3.25. The molecule has 8 heteroatoms. The van der Waals surface area contributed by atoms with Crippen molar-refractivity contribution in [1.82, 2.24) is 19.3 Å². The van der Waals surface area contributed by atoms with E-state index >= 15 is 0 Å². The van der Waals surface area contributed by atoms with Crippen molar-refractivity contribution in [3.63, 3.8) is 0 Å². The molecule has 0 saturated carbocycles. The fraction of sp³-hybridized carbons (Fsp3) is 0.526. The second-order valence-corrected chi connectivity index (χ2v) is 9.79. The largest absolute Gasteiger partial charge is 0.325 e. The highest BCUT2D eigenvalue weighted by molar-refractivity contribution is 7.89. The summed E-state index contributed by atoms with van der Waals surface area (Å²) in [6.45, 7) is 8.30. The normalized spacial score (nSPS) is 18.6. The molecule has 0 aliphatic carbocycles. The van der Waals surface area contributed by atoms with Crippen LogP contribution in [-0.4, -0.2) is 46.0 Å². The van der Waals surface area contributed by atoms with E-state index in [9.17, 15) is 8.42 Å². The predicted octanol–water partition coefficient (Wildman–Crippen LogP) is 3.15. The van der Waals surface area contributed by atoms with Crippen molar-refractivity contribution in [2.75, 3.05) is 18.4 Å². The van der Waals surface area contributed by atoms with Crippen molar-refractivity contribution in [3.8, 4) is 0 Å². The third-order valence-corrected chi connectivity index (χ3v) is 7.00. The number of nitrogens with zero attached hydrogens (tertiary/aromatic N) is 4. The van der Waals surface area contributed by atoms with Gasteiger partial charge in [0.15, 0.2) is 0 Å². The van der Waals surface area contributed by atoms with E-state index in [2.05, 4.69) is 20.3 Å².